The van der Waals surface area contributed by atoms with Gasteiger partial charge in [0.25, 0.3) is 5.91 Å². The zero-order chi connectivity index (χ0) is 19.4. The summed E-state index contributed by atoms with van der Waals surface area (Å²) >= 11 is 6.81. The van der Waals surface area contributed by atoms with Crippen LogP contribution < -0.4 is 5.32 Å². The van der Waals surface area contributed by atoms with E-state index < -0.39 is 24.3 Å². The number of hydrogen-bond acceptors (Lipinski definition) is 5. The van der Waals surface area contributed by atoms with Gasteiger partial charge in [0.15, 0.2) is 12.3 Å². The molecule has 0 bridgehead atoms. The minimum Gasteiger partial charge on any atom is -0.451 e. The van der Waals surface area contributed by atoms with Crippen LogP contribution in [0.2, 0.25) is 5.02 Å². The van der Waals surface area contributed by atoms with Crippen LogP contribution >= 0.6 is 22.9 Å². The molecule has 27 heavy (non-hydrogen) atoms. The Hall–Kier alpha value is -2.84. The first-order valence-electron chi connectivity index (χ1n) is 7.56. The van der Waals surface area contributed by atoms with Gasteiger partial charge in [-0.1, -0.05) is 11.6 Å². The molecule has 0 radical (unpaired) electrons. The maximum Gasteiger partial charge on any atom is 0.358 e. The van der Waals surface area contributed by atoms with Crippen molar-refractivity contribution in [2.24, 2.45) is 0 Å². The first-order chi connectivity index (χ1) is 12.9. The first-order valence-corrected chi connectivity index (χ1v) is 8.81. The van der Waals surface area contributed by atoms with Crippen LogP contribution in [0.3, 0.4) is 0 Å². The predicted octanol–water partition coefficient (Wildman–Crippen LogP) is 4.54. The number of benzene rings is 2. The minimum absolute atomic E-state index is 0.0183. The summed E-state index contributed by atoms with van der Waals surface area (Å²) in [5, 5.41) is 4.45. The molecule has 0 saturated heterocycles. The molecule has 1 heterocycles. The summed E-state index contributed by atoms with van der Waals surface area (Å²) in [6, 6.07) is 9.42. The van der Waals surface area contributed by atoms with Gasteiger partial charge in [0.2, 0.25) is 0 Å². The molecule has 0 aliphatic rings. The largest absolute Gasteiger partial charge is 0.451 e. The second-order valence-corrected chi connectivity index (χ2v) is 6.59. The molecule has 138 valence electrons. The molecule has 0 aliphatic carbocycles. The monoisotopic (exact) mass is 408 g/mol. The van der Waals surface area contributed by atoms with Gasteiger partial charge in [-0.2, -0.15) is 0 Å². The van der Waals surface area contributed by atoms with E-state index in [9.17, 15) is 18.4 Å². The number of carbonyl (C=O) groups is 2. The summed E-state index contributed by atoms with van der Waals surface area (Å²) in [6.45, 7) is -0.607. The Morgan fingerprint density at radius 1 is 1.15 bits per heavy atom. The van der Waals surface area contributed by atoms with Crippen LogP contribution in [0.15, 0.2) is 47.8 Å². The van der Waals surface area contributed by atoms with E-state index in [1.165, 1.54) is 53.1 Å². The number of rotatable bonds is 5. The van der Waals surface area contributed by atoms with Crippen LogP contribution in [0.25, 0.3) is 10.6 Å². The van der Waals surface area contributed by atoms with Crippen molar-refractivity contribution >= 4 is 40.5 Å². The molecule has 0 unspecified atom stereocenters. The standard InChI is InChI=1S/C18H11ClF2N2O3S/c19-11-3-6-14(13(21)7-11)22-16(24)8-26-18(25)15-9-27-17(23-15)10-1-4-12(20)5-2-10/h1-7,9H,8H2,(H,22,24). The van der Waals surface area contributed by atoms with E-state index >= 15 is 0 Å². The molecule has 1 aromatic heterocycles. The second-order valence-electron chi connectivity index (χ2n) is 5.29. The number of nitrogens with one attached hydrogen (secondary N) is 1. The molecule has 1 amide bonds. The number of esters is 1. The van der Waals surface area contributed by atoms with Crippen molar-refractivity contribution in [2.45, 2.75) is 0 Å². The third-order valence-electron chi connectivity index (χ3n) is 3.34. The lowest BCUT2D eigenvalue weighted by molar-refractivity contribution is -0.119. The number of halogens is 3. The van der Waals surface area contributed by atoms with Crippen molar-refractivity contribution in [1.29, 1.82) is 0 Å². The third kappa shape index (κ3) is 4.87. The molecule has 5 nitrogen and oxygen atoms in total. The lowest BCUT2D eigenvalue weighted by atomic mass is 10.2. The highest BCUT2D eigenvalue weighted by atomic mass is 35.5. The SMILES string of the molecule is O=C(COC(=O)c1csc(-c2ccc(F)cc2)n1)Nc1ccc(Cl)cc1F. The van der Waals surface area contributed by atoms with Crippen LogP contribution in [0, 0.1) is 11.6 Å². The number of carbonyl (C=O) groups excluding carboxylic acids is 2. The average molecular weight is 409 g/mol. The average Bonchev–Trinajstić information content (AvgIpc) is 3.13. The highest BCUT2D eigenvalue weighted by Gasteiger charge is 2.16. The van der Waals surface area contributed by atoms with Gasteiger partial charge in [-0.05, 0) is 42.5 Å². The van der Waals surface area contributed by atoms with Crippen molar-refractivity contribution in [3.63, 3.8) is 0 Å². The van der Waals surface area contributed by atoms with E-state index in [-0.39, 0.29) is 22.2 Å². The van der Waals surface area contributed by atoms with E-state index in [1.54, 1.807) is 0 Å². The maximum absolute atomic E-state index is 13.6. The summed E-state index contributed by atoms with van der Waals surface area (Å²) in [4.78, 5) is 27.9. The van der Waals surface area contributed by atoms with Crippen molar-refractivity contribution < 1.29 is 23.1 Å². The molecule has 0 saturated carbocycles. The summed E-state index contributed by atoms with van der Waals surface area (Å²) in [5.74, 6) is -2.59. The van der Waals surface area contributed by atoms with Crippen molar-refractivity contribution in [1.82, 2.24) is 4.98 Å². The van der Waals surface area contributed by atoms with E-state index in [2.05, 4.69) is 10.3 Å². The number of aromatic nitrogens is 1. The second kappa shape index (κ2) is 8.24. The Labute approximate surface area is 161 Å². The fourth-order valence-corrected chi connectivity index (χ4v) is 3.03. The summed E-state index contributed by atoms with van der Waals surface area (Å²) in [6.07, 6.45) is 0. The van der Waals surface area contributed by atoms with Gasteiger partial charge >= 0.3 is 5.97 Å². The molecule has 0 aliphatic heterocycles. The summed E-state index contributed by atoms with van der Waals surface area (Å²) in [5.41, 5.74) is 0.592. The normalized spacial score (nSPS) is 10.5. The minimum atomic E-state index is -0.800. The van der Waals surface area contributed by atoms with Gasteiger partial charge in [0.1, 0.15) is 16.6 Å². The highest BCUT2D eigenvalue weighted by Crippen LogP contribution is 2.24. The zero-order valence-corrected chi connectivity index (χ0v) is 15.1. The van der Waals surface area contributed by atoms with Crippen molar-refractivity contribution in [2.75, 3.05) is 11.9 Å². The third-order valence-corrected chi connectivity index (χ3v) is 4.47. The Morgan fingerprint density at radius 2 is 1.89 bits per heavy atom. The first kappa shape index (κ1) is 18.9. The van der Waals surface area contributed by atoms with Crippen LogP contribution in [0.5, 0.6) is 0 Å². The maximum atomic E-state index is 13.6. The van der Waals surface area contributed by atoms with Crippen LogP contribution in [0.1, 0.15) is 10.5 Å². The number of ether oxygens (including phenoxy) is 1. The smallest absolute Gasteiger partial charge is 0.358 e. The van der Waals surface area contributed by atoms with Crippen molar-refractivity contribution in [3.8, 4) is 10.6 Å². The van der Waals surface area contributed by atoms with Crippen molar-refractivity contribution in [3.05, 3.63) is 70.2 Å². The van der Waals surface area contributed by atoms with Gasteiger partial charge in [-0.3, -0.25) is 4.79 Å². The fraction of sp³-hybridized carbons (Fsp3) is 0.0556. The van der Waals surface area contributed by atoms with Gasteiger partial charge in [0, 0.05) is 16.0 Å². The molecule has 0 atom stereocenters. The van der Waals surface area contributed by atoms with E-state index in [0.29, 0.717) is 10.6 Å². The number of hydrogen-bond donors (Lipinski definition) is 1. The summed E-state index contributed by atoms with van der Waals surface area (Å²) in [7, 11) is 0. The van der Waals surface area contributed by atoms with Crippen LogP contribution in [0.4, 0.5) is 14.5 Å². The molecule has 9 heteroatoms. The Morgan fingerprint density at radius 3 is 2.59 bits per heavy atom. The molecule has 3 rings (SSSR count). The quantitative estimate of drug-likeness (QED) is 0.629. The Kier molecular flexibility index (Phi) is 5.78. The van der Waals surface area contributed by atoms with Gasteiger partial charge in [-0.25, -0.2) is 18.6 Å². The van der Waals surface area contributed by atoms with E-state index in [4.69, 9.17) is 16.3 Å². The molecule has 1 N–H and O–H groups in total. The molecule has 0 fully saturated rings. The molecule has 0 spiro atoms. The lowest BCUT2D eigenvalue weighted by Gasteiger charge is -2.07. The number of amides is 1. The van der Waals surface area contributed by atoms with Crippen LogP contribution in [-0.2, 0) is 9.53 Å². The molecule has 2 aromatic carbocycles. The van der Waals surface area contributed by atoms with Gasteiger partial charge < -0.3 is 10.1 Å². The lowest BCUT2D eigenvalue weighted by Crippen LogP contribution is -2.21. The molecular formula is C18H11ClF2N2O3S. The number of anilines is 1. The Balaban J connectivity index is 1.57. The topological polar surface area (TPSA) is 68.3 Å². The number of thiazole rings is 1. The predicted molar refractivity (Wildman–Crippen MR) is 97.8 cm³/mol. The summed E-state index contributed by atoms with van der Waals surface area (Å²) < 4.78 is 31.5. The molecular weight excluding hydrogens is 398 g/mol. The van der Waals surface area contributed by atoms with Gasteiger partial charge in [0.05, 0.1) is 5.69 Å². The highest BCUT2D eigenvalue weighted by molar-refractivity contribution is 7.13. The fourth-order valence-electron chi connectivity index (χ4n) is 2.07. The van der Waals surface area contributed by atoms with Gasteiger partial charge in [-0.15, -0.1) is 11.3 Å². The van der Waals surface area contributed by atoms with E-state index in [0.717, 1.165) is 6.07 Å². The van der Waals surface area contributed by atoms with E-state index in [1.807, 2.05) is 0 Å². The van der Waals surface area contributed by atoms with Crippen LogP contribution in [-0.4, -0.2) is 23.5 Å². The Bertz CT molecular complexity index is 993. The zero-order valence-electron chi connectivity index (χ0n) is 13.5. The number of nitrogens with zero attached hydrogens (tertiary/aromatic N) is 1. The molecule has 3 aromatic rings.